The van der Waals surface area contributed by atoms with Crippen LogP contribution in [0.2, 0.25) is 0 Å². The zero-order valence-electron chi connectivity index (χ0n) is 11.8. The third kappa shape index (κ3) is 1.83. The normalized spacial score (nSPS) is 20.0. The molecular formula is C13H24N2O2. The second-order valence-corrected chi connectivity index (χ2v) is 5.25. The van der Waals surface area contributed by atoms with Crippen LogP contribution >= 0.6 is 0 Å². The predicted molar refractivity (Wildman–Crippen MR) is 67.7 cm³/mol. The van der Waals surface area contributed by atoms with Crippen molar-refractivity contribution in [3.05, 3.63) is 0 Å². The maximum atomic E-state index is 12.5. The van der Waals surface area contributed by atoms with Crippen molar-refractivity contribution in [1.82, 2.24) is 9.80 Å². The van der Waals surface area contributed by atoms with E-state index in [9.17, 15) is 9.59 Å². The molecule has 3 amide bonds. The summed E-state index contributed by atoms with van der Waals surface area (Å²) in [4.78, 5) is 28.1. The molecule has 0 saturated carbocycles. The van der Waals surface area contributed by atoms with E-state index in [-0.39, 0.29) is 24.0 Å². The molecule has 4 nitrogen and oxygen atoms in total. The standard InChI is InChI=1S/C13H24N2O2/c1-7-13(8-2)11(16)14(9(3)4)12(17)15(13)10(5)6/h9-10H,7-8H2,1-6H3. The van der Waals surface area contributed by atoms with E-state index in [0.717, 1.165) is 0 Å². The number of amides is 3. The fourth-order valence-corrected chi connectivity index (χ4v) is 2.78. The Morgan fingerprint density at radius 1 is 1.00 bits per heavy atom. The quantitative estimate of drug-likeness (QED) is 0.709. The summed E-state index contributed by atoms with van der Waals surface area (Å²) < 4.78 is 0. The van der Waals surface area contributed by atoms with Gasteiger partial charge in [-0.3, -0.25) is 9.69 Å². The first-order valence-electron chi connectivity index (χ1n) is 6.50. The topological polar surface area (TPSA) is 40.6 Å². The molecule has 98 valence electrons. The van der Waals surface area contributed by atoms with Crippen molar-refractivity contribution in [3.8, 4) is 0 Å². The summed E-state index contributed by atoms with van der Waals surface area (Å²) in [7, 11) is 0. The fourth-order valence-electron chi connectivity index (χ4n) is 2.78. The molecule has 1 saturated heterocycles. The second kappa shape index (κ2) is 4.67. The van der Waals surface area contributed by atoms with Crippen LogP contribution in [0.25, 0.3) is 0 Å². The zero-order valence-corrected chi connectivity index (χ0v) is 11.8. The zero-order chi connectivity index (χ0) is 13.4. The smallest absolute Gasteiger partial charge is 0.307 e. The molecule has 4 heteroatoms. The van der Waals surface area contributed by atoms with E-state index < -0.39 is 5.54 Å². The van der Waals surface area contributed by atoms with E-state index in [0.29, 0.717) is 12.8 Å². The molecule has 0 radical (unpaired) electrons. The molecular weight excluding hydrogens is 216 g/mol. The Morgan fingerprint density at radius 3 is 1.71 bits per heavy atom. The Kier molecular flexibility index (Phi) is 3.84. The van der Waals surface area contributed by atoms with Crippen LogP contribution in [-0.2, 0) is 4.79 Å². The van der Waals surface area contributed by atoms with E-state index in [1.807, 2.05) is 41.5 Å². The molecule has 0 aromatic rings. The highest BCUT2D eigenvalue weighted by Gasteiger charge is 2.56. The first-order chi connectivity index (χ1) is 7.83. The lowest BCUT2D eigenvalue weighted by atomic mass is 9.90. The number of carbonyl (C=O) groups is 2. The SMILES string of the molecule is CCC1(CC)C(=O)N(C(C)C)C(=O)N1C(C)C. The van der Waals surface area contributed by atoms with Crippen LogP contribution in [0, 0.1) is 0 Å². The van der Waals surface area contributed by atoms with Crippen LogP contribution in [0.15, 0.2) is 0 Å². The number of imide groups is 1. The summed E-state index contributed by atoms with van der Waals surface area (Å²) in [6, 6.07) is -0.157. The summed E-state index contributed by atoms with van der Waals surface area (Å²) >= 11 is 0. The van der Waals surface area contributed by atoms with Crippen molar-refractivity contribution in [2.75, 3.05) is 0 Å². The maximum Gasteiger partial charge on any atom is 0.328 e. The Balaban J connectivity index is 3.28. The van der Waals surface area contributed by atoms with Gasteiger partial charge in [-0.1, -0.05) is 13.8 Å². The van der Waals surface area contributed by atoms with Gasteiger partial charge >= 0.3 is 6.03 Å². The van der Waals surface area contributed by atoms with Gasteiger partial charge in [0.25, 0.3) is 5.91 Å². The third-order valence-corrected chi connectivity index (χ3v) is 3.69. The van der Waals surface area contributed by atoms with Gasteiger partial charge in [-0.25, -0.2) is 4.79 Å². The molecule has 0 spiro atoms. The first kappa shape index (κ1) is 14.0. The molecule has 1 fully saturated rings. The number of hydrogen-bond donors (Lipinski definition) is 0. The molecule has 1 rings (SSSR count). The Bertz CT molecular complexity index is 319. The van der Waals surface area contributed by atoms with Gasteiger partial charge in [-0.05, 0) is 40.5 Å². The molecule has 0 N–H and O–H groups in total. The van der Waals surface area contributed by atoms with E-state index in [1.54, 1.807) is 4.90 Å². The maximum absolute atomic E-state index is 12.5. The number of hydrogen-bond acceptors (Lipinski definition) is 2. The largest absolute Gasteiger partial charge is 0.328 e. The molecule has 0 unspecified atom stereocenters. The van der Waals surface area contributed by atoms with Crippen LogP contribution in [0.3, 0.4) is 0 Å². The second-order valence-electron chi connectivity index (χ2n) is 5.25. The summed E-state index contributed by atoms with van der Waals surface area (Å²) in [5, 5.41) is 0. The van der Waals surface area contributed by atoms with E-state index in [4.69, 9.17) is 0 Å². The number of urea groups is 1. The van der Waals surface area contributed by atoms with Gasteiger partial charge in [0.1, 0.15) is 5.54 Å². The van der Waals surface area contributed by atoms with E-state index in [1.165, 1.54) is 4.90 Å². The highest BCUT2D eigenvalue weighted by molar-refractivity contribution is 6.07. The first-order valence-corrected chi connectivity index (χ1v) is 6.50. The summed E-state index contributed by atoms with van der Waals surface area (Å²) in [5.74, 6) is -0.0313. The van der Waals surface area contributed by atoms with Gasteiger partial charge < -0.3 is 4.90 Å². The van der Waals surface area contributed by atoms with Crippen LogP contribution in [0.1, 0.15) is 54.4 Å². The van der Waals surface area contributed by atoms with Crippen molar-refractivity contribution in [3.63, 3.8) is 0 Å². The van der Waals surface area contributed by atoms with E-state index >= 15 is 0 Å². The van der Waals surface area contributed by atoms with Gasteiger partial charge in [-0.15, -0.1) is 0 Å². The lowest BCUT2D eigenvalue weighted by Gasteiger charge is -2.36. The predicted octanol–water partition coefficient (Wildman–Crippen LogP) is 2.63. The Morgan fingerprint density at radius 2 is 1.47 bits per heavy atom. The molecule has 0 aromatic heterocycles. The minimum Gasteiger partial charge on any atom is -0.307 e. The lowest BCUT2D eigenvalue weighted by molar-refractivity contribution is -0.135. The highest BCUT2D eigenvalue weighted by Crippen LogP contribution is 2.36. The Hall–Kier alpha value is -1.06. The number of carbonyl (C=O) groups excluding carboxylic acids is 2. The van der Waals surface area contributed by atoms with Gasteiger partial charge in [0, 0.05) is 12.1 Å². The molecule has 0 atom stereocenters. The fraction of sp³-hybridized carbons (Fsp3) is 0.846. The monoisotopic (exact) mass is 240 g/mol. The van der Waals surface area contributed by atoms with Crippen molar-refractivity contribution in [2.45, 2.75) is 72.0 Å². The van der Waals surface area contributed by atoms with Gasteiger partial charge in [-0.2, -0.15) is 0 Å². The third-order valence-electron chi connectivity index (χ3n) is 3.69. The Labute approximate surface area is 104 Å². The van der Waals surface area contributed by atoms with Gasteiger partial charge in [0.15, 0.2) is 0 Å². The average Bonchev–Trinajstić information content (AvgIpc) is 2.46. The molecule has 17 heavy (non-hydrogen) atoms. The highest BCUT2D eigenvalue weighted by atomic mass is 16.2. The van der Waals surface area contributed by atoms with Crippen LogP contribution in [-0.4, -0.2) is 39.4 Å². The molecule has 1 heterocycles. The number of nitrogens with zero attached hydrogens (tertiary/aromatic N) is 2. The molecule has 0 bridgehead atoms. The van der Waals surface area contributed by atoms with E-state index in [2.05, 4.69) is 0 Å². The minimum atomic E-state index is -0.629. The minimum absolute atomic E-state index is 0.0313. The van der Waals surface area contributed by atoms with Crippen LogP contribution in [0.5, 0.6) is 0 Å². The van der Waals surface area contributed by atoms with Gasteiger partial charge in [0.2, 0.25) is 0 Å². The summed E-state index contributed by atoms with van der Waals surface area (Å²) in [6.45, 7) is 11.7. The van der Waals surface area contributed by atoms with Crippen molar-refractivity contribution in [2.24, 2.45) is 0 Å². The van der Waals surface area contributed by atoms with Crippen LogP contribution < -0.4 is 0 Å². The lowest BCUT2D eigenvalue weighted by Crippen LogP contribution is -2.51. The van der Waals surface area contributed by atoms with Crippen molar-refractivity contribution in [1.29, 1.82) is 0 Å². The summed E-state index contributed by atoms with van der Waals surface area (Å²) in [5.41, 5.74) is -0.629. The van der Waals surface area contributed by atoms with Crippen LogP contribution in [0.4, 0.5) is 4.79 Å². The average molecular weight is 240 g/mol. The molecule has 1 aliphatic heterocycles. The molecule has 1 aliphatic rings. The summed E-state index contributed by atoms with van der Waals surface area (Å²) in [6.07, 6.45) is 1.35. The van der Waals surface area contributed by atoms with Gasteiger partial charge in [0.05, 0.1) is 0 Å². The van der Waals surface area contributed by atoms with Crippen molar-refractivity contribution >= 4 is 11.9 Å². The number of rotatable bonds is 4. The van der Waals surface area contributed by atoms with Crippen molar-refractivity contribution < 1.29 is 9.59 Å². The molecule has 0 aliphatic carbocycles. The molecule has 0 aromatic carbocycles.